The zero-order valence-electron chi connectivity index (χ0n) is 11.2. The molecule has 0 aliphatic rings. The molecule has 0 aliphatic carbocycles. The van der Waals surface area contributed by atoms with Crippen molar-refractivity contribution in [2.45, 2.75) is 11.8 Å². The lowest BCUT2D eigenvalue weighted by atomic mass is 10.2. The van der Waals surface area contributed by atoms with Crippen molar-refractivity contribution in [1.82, 2.24) is 0 Å². The molecule has 2 rings (SSSR count). The predicted molar refractivity (Wildman–Crippen MR) is 85.1 cm³/mol. The summed E-state index contributed by atoms with van der Waals surface area (Å²) in [5.74, 6) is 0. The number of nitro groups is 1. The van der Waals surface area contributed by atoms with Crippen LogP contribution in [0.25, 0.3) is 0 Å². The fraction of sp³-hybridized carbons (Fsp3) is 0.0769. The third-order valence-corrected chi connectivity index (χ3v) is 5.07. The summed E-state index contributed by atoms with van der Waals surface area (Å²) in [6.07, 6.45) is 0. The summed E-state index contributed by atoms with van der Waals surface area (Å²) < 4.78 is 26.9. The Morgan fingerprint density at radius 3 is 2.50 bits per heavy atom. The van der Waals surface area contributed by atoms with E-state index in [1.807, 2.05) is 0 Å². The lowest BCUT2D eigenvalue weighted by Crippen LogP contribution is -2.13. The molecular formula is C13H10Cl2N2O4S. The zero-order valence-corrected chi connectivity index (χ0v) is 13.5. The second-order valence-electron chi connectivity index (χ2n) is 4.41. The van der Waals surface area contributed by atoms with E-state index < -0.39 is 14.9 Å². The molecule has 0 unspecified atom stereocenters. The largest absolute Gasteiger partial charge is 0.278 e. The molecule has 0 atom stereocenters. The van der Waals surface area contributed by atoms with Crippen molar-refractivity contribution in [2.24, 2.45) is 0 Å². The maximum absolute atomic E-state index is 12.3. The minimum atomic E-state index is -4.02. The highest BCUT2D eigenvalue weighted by atomic mass is 35.5. The Morgan fingerprint density at radius 1 is 1.18 bits per heavy atom. The molecule has 0 fully saturated rings. The first-order chi connectivity index (χ1) is 10.2. The topological polar surface area (TPSA) is 89.3 Å². The Hall–Kier alpha value is -1.83. The third-order valence-electron chi connectivity index (χ3n) is 2.88. The number of halogens is 2. The monoisotopic (exact) mass is 360 g/mol. The Balaban J connectivity index is 2.45. The highest BCUT2D eigenvalue weighted by Crippen LogP contribution is 2.31. The number of nitro benzene ring substituents is 1. The number of rotatable bonds is 4. The summed E-state index contributed by atoms with van der Waals surface area (Å²) in [5.41, 5.74) is 0.183. The molecule has 22 heavy (non-hydrogen) atoms. The molecule has 0 heterocycles. The lowest BCUT2D eigenvalue weighted by molar-refractivity contribution is -0.385. The van der Waals surface area contributed by atoms with E-state index >= 15 is 0 Å². The average Bonchev–Trinajstić information content (AvgIpc) is 2.43. The predicted octanol–water partition coefficient (Wildman–Crippen LogP) is 4.01. The molecular weight excluding hydrogens is 351 g/mol. The van der Waals surface area contributed by atoms with Crippen LogP contribution in [-0.2, 0) is 10.0 Å². The number of sulfonamides is 1. The smallest absolute Gasteiger partial charge is 0.273 e. The normalized spacial score (nSPS) is 11.2. The van der Waals surface area contributed by atoms with E-state index in [1.54, 1.807) is 0 Å². The fourth-order valence-electron chi connectivity index (χ4n) is 1.74. The molecule has 0 bridgehead atoms. The summed E-state index contributed by atoms with van der Waals surface area (Å²) in [6.45, 7) is 1.52. The quantitative estimate of drug-likeness (QED) is 0.658. The lowest BCUT2D eigenvalue weighted by Gasteiger charge is -2.10. The summed E-state index contributed by atoms with van der Waals surface area (Å²) in [7, 11) is -4.02. The van der Waals surface area contributed by atoms with Crippen molar-refractivity contribution in [3.63, 3.8) is 0 Å². The highest BCUT2D eigenvalue weighted by molar-refractivity contribution is 7.92. The van der Waals surface area contributed by atoms with Gasteiger partial charge in [-0.1, -0.05) is 35.3 Å². The molecule has 0 saturated carbocycles. The highest BCUT2D eigenvalue weighted by Gasteiger charge is 2.21. The van der Waals surface area contributed by atoms with Crippen LogP contribution < -0.4 is 4.72 Å². The van der Waals surface area contributed by atoms with Crippen molar-refractivity contribution in [3.8, 4) is 0 Å². The van der Waals surface area contributed by atoms with Crippen LogP contribution in [0.4, 0.5) is 11.4 Å². The number of aryl methyl sites for hydroxylation is 1. The maximum Gasteiger partial charge on any atom is 0.273 e. The van der Waals surface area contributed by atoms with Gasteiger partial charge in [0, 0.05) is 11.6 Å². The standard InChI is InChI=1S/C13H10Cl2N2O4S/c1-8-5-6-9(7-12(8)17(18)19)22(20,21)16-11-4-2-3-10(14)13(11)15/h2-7,16H,1H3. The van der Waals surface area contributed by atoms with Gasteiger partial charge in [-0.05, 0) is 25.1 Å². The molecule has 9 heteroatoms. The first-order valence-electron chi connectivity index (χ1n) is 5.94. The van der Waals surface area contributed by atoms with Crippen LogP contribution in [-0.4, -0.2) is 13.3 Å². The van der Waals surface area contributed by atoms with Gasteiger partial charge < -0.3 is 0 Å². The SMILES string of the molecule is Cc1ccc(S(=O)(=O)Nc2cccc(Cl)c2Cl)cc1[N+](=O)[O-]. The van der Waals surface area contributed by atoms with Crippen molar-refractivity contribution < 1.29 is 13.3 Å². The van der Waals surface area contributed by atoms with Gasteiger partial charge in [-0.15, -0.1) is 0 Å². The van der Waals surface area contributed by atoms with Crippen LogP contribution in [0, 0.1) is 17.0 Å². The number of benzene rings is 2. The van der Waals surface area contributed by atoms with Gasteiger partial charge in [-0.2, -0.15) is 0 Å². The van der Waals surface area contributed by atoms with Gasteiger partial charge in [0.25, 0.3) is 15.7 Å². The molecule has 116 valence electrons. The molecule has 0 amide bonds. The van der Waals surface area contributed by atoms with Crippen LogP contribution in [0.5, 0.6) is 0 Å². The molecule has 0 radical (unpaired) electrons. The zero-order chi connectivity index (χ0) is 16.5. The maximum atomic E-state index is 12.3. The minimum absolute atomic E-state index is 0.0503. The average molecular weight is 361 g/mol. The number of hydrogen-bond donors (Lipinski definition) is 1. The van der Waals surface area contributed by atoms with E-state index in [1.165, 1.54) is 37.3 Å². The van der Waals surface area contributed by atoms with E-state index in [4.69, 9.17) is 23.2 Å². The second-order valence-corrected chi connectivity index (χ2v) is 6.88. The van der Waals surface area contributed by atoms with Crippen LogP contribution in [0.15, 0.2) is 41.3 Å². The summed E-state index contributed by atoms with van der Waals surface area (Å²) in [4.78, 5) is 10.0. The molecule has 6 nitrogen and oxygen atoms in total. The van der Waals surface area contributed by atoms with Gasteiger partial charge >= 0.3 is 0 Å². The van der Waals surface area contributed by atoms with Gasteiger partial charge in [-0.25, -0.2) is 8.42 Å². The number of nitrogens with zero attached hydrogens (tertiary/aromatic N) is 1. The van der Waals surface area contributed by atoms with Crippen LogP contribution >= 0.6 is 23.2 Å². The molecule has 2 aromatic carbocycles. The Kier molecular flexibility index (Phi) is 4.60. The van der Waals surface area contributed by atoms with Crippen molar-refractivity contribution in [1.29, 1.82) is 0 Å². The van der Waals surface area contributed by atoms with E-state index in [0.29, 0.717) is 5.56 Å². The molecule has 0 aromatic heterocycles. The number of nitrogens with one attached hydrogen (secondary N) is 1. The van der Waals surface area contributed by atoms with Crippen LogP contribution in [0.3, 0.4) is 0 Å². The van der Waals surface area contributed by atoms with Gasteiger partial charge in [0.05, 0.1) is 25.6 Å². The minimum Gasteiger partial charge on any atom is -0.278 e. The first-order valence-corrected chi connectivity index (χ1v) is 8.18. The Bertz CT molecular complexity index is 853. The Morgan fingerprint density at radius 2 is 1.86 bits per heavy atom. The van der Waals surface area contributed by atoms with Crippen LogP contribution in [0.2, 0.25) is 10.0 Å². The van der Waals surface area contributed by atoms with E-state index in [2.05, 4.69) is 4.72 Å². The molecule has 0 spiro atoms. The van der Waals surface area contributed by atoms with Crippen molar-refractivity contribution in [2.75, 3.05) is 4.72 Å². The Labute approximate surface area is 136 Å². The summed E-state index contributed by atoms with van der Waals surface area (Å²) in [5, 5.41) is 11.2. The second kappa shape index (κ2) is 6.12. The van der Waals surface area contributed by atoms with Gasteiger partial charge in [0.1, 0.15) is 0 Å². The van der Waals surface area contributed by atoms with Crippen molar-refractivity contribution in [3.05, 3.63) is 62.1 Å². The van der Waals surface area contributed by atoms with E-state index in [0.717, 1.165) is 6.07 Å². The van der Waals surface area contributed by atoms with Crippen molar-refractivity contribution >= 4 is 44.6 Å². The van der Waals surface area contributed by atoms with Gasteiger partial charge in [0.15, 0.2) is 0 Å². The molecule has 1 N–H and O–H groups in total. The number of anilines is 1. The van der Waals surface area contributed by atoms with E-state index in [-0.39, 0.29) is 26.3 Å². The summed E-state index contributed by atoms with van der Waals surface area (Å²) in [6, 6.07) is 8.13. The molecule has 0 aliphatic heterocycles. The van der Waals surface area contributed by atoms with E-state index in [9.17, 15) is 18.5 Å². The molecule has 2 aromatic rings. The van der Waals surface area contributed by atoms with Gasteiger partial charge in [0.2, 0.25) is 0 Å². The van der Waals surface area contributed by atoms with Gasteiger partial charge in [-0.3, -0.25) is 14.8 Å². The molecule has 0 saturated heterocycles. The first kappa shape index (κ1) is 16.5. The third kappa shape index (κ3) is 3.32. The fourth-order valence-corrected chi connectivity index (χ4v) is 3.23. The number of hydrogen-bond acceptors (Lipinski definition) is 4. The summed E-state index contributed by atoms with van der Waals surface area (Å²) >= 11 is 11.7. The van der Waals surface area contributed by atoms with Crippen LogP contribution in [0.1, 0.15) is 5.56 Å².